The van der Waals surface area contributed by atoms with Crippen LogP contribution in [0, 0.1) is 0 Å². The largest absolute Gasteiger partial charge is 0.466 e. The summed E-state index contributed by atoms with van der Waals surface area (Å²) >= 11 is 0. The summed E-state index contributed by atoms with van der Waals surface area (Å²) in [7, 11) is 0. The monoisotopic (exact) mass is 205 g/mol. The topological polar surface area (TPSA) is 39.2 Å². The van der Waals surface area contributed by atoms with E-state index in [0.29, 0.717) is 5.56 Å². The molecule has 0 saturated carbocycles. The van der Waals surface area contributed by atoms with Gasteiger partial charge in [0.2, 0.25) is 5.67 Å². The lowest BCUT2D eigenvalue weighted by atomic mass is 9.93. The summed E-state index contributed by atoms with van der Waals surface area (Å²) in [5, 5.41) is 0. The molecule has 0 spiro atoms. The van der Waals surface area contributed by atoms with Crippen molar-refractivity contribution in [2.24, 2.45) is 5.73 Å². The smallest absolute Gasteiger partial charge is 0.205 e. The van der Waals surface area contributed by atoms with Gasteiger partial charge in [0.25, 0.3) is 0 Å². The predicted octanol–water partition coefficient (Wildman–Crippen LogP) is 2.45. The third kappa shape index (κ3) is 1.66. The van der Waals surface area contributed by atoms with Crippen LogP contribution in [0.4, 0.5) is 4.39 Å². The Morgan fingerprint density at radius 3 is 2.40 bits per heavy atom. The highest BCUT2D eigenvalue weighted by Gasteiger charge is 2.35. The van der Waals surface area contributed by atoms with Gasteiger partial charge in [-0.15, -0.1) is 0 Å². The zero-order valence-corrected chi connectivity index (χ0v) is 8.19. The van der Waals surface area contributed by atoms with E-state index in [2.05, 4.69) is 0 Å². The van der Waals surface area contributed by atoms with Crippen LogP contribution in [0.15, 0.2) is 53.1 Å². The van der Waals surface area contributed by atoms with Gasteiger partial charge < -0.3 is 10.2 Å². The molecule has 0 aliphatic heterocycles. The molecule has 78 valence electrons. The van der Waals surface area contributed by atoms with Crippen molar-refractivity contribution in [3.8, 4) is 0 Å². The Morgan fingerprint density at radius 2 is 1.87 bits per heavy atom. The van der Waals surface area contributed by atoms with Gasteiger partial charge in [0.1, 0.15) is 5.76 Å². The van der Waals surface area contributed by atoms with Crippen molar-refractivity contribution in [1.82, 2.24) is 0 Å². The van der Waals surface area contributed by atoms with Gasteiger partial charge in [0, 0.05) is 6.54 Å². The fourth-order valence-electron chi connectivity index (χ4n) is 1.57. The van der Waals surface area contributed by atoms with Crippen LogP contribution in [0.5, 0.6) is 0 Å². The molecule has 0 radical (unpaired) electrons. The Bertz CT molecular complexity index is 412. The molecule has 15 heavy (non-hydrogen) atoms. The van der Waals surface area contributed by atoms with Gasteiger partial charge in [0.15, 0.2) is 0 Å². The maximum atomic E-state index is 14.6. The van der Waals surface area contributed by atoms with Gasteiger partial charge in [-0.25, -0.2) is 4.39 Å². The first-order valence-electron chi connectivity index (χ1n) is 4.76. The molecule has 0 aliphatic rings. The van der Waals surface area contributed by atoms with Gasteiger partial charge in [-0.3, -0.25) is 0 Å². The Morgan fingerprint density at radius 1 is 1.13 bits per heavy atom. The molecule has 3 heteroatoms. The van der Waals surface area contributed by atoms with Gasteiger partial charge in [-0.2, -0.15) is 0 Å². The number of halogens is 1. The van der Waals surface area contributed by atoms with Crippen molar-refractivity contribution >= 4 is 0 Å². The molecule has 0 aliphatic carbocycles. The molecule has 1 atom stereocenters. The van der Waals surface area contributed by atoms with Gasteiger partial charge in [-0.05, 0) is 17.7 Å². The second-order valence-corrected chi connectivity index (χ2v) is 3.35. The molecule has 1 unspecified atom stereocenters. The Hall–Kier alpha value is -1.61. The number of hydrogen-bond donors (Lipinski definition) is 1. The minimum absolute atomic E-state index is 0.134. The molecule has 1 aromatic carbocycles. The lowest BCUT2D eigenvalue weighted by Crippen LogP contribution is -2.31. The molecule has 2 aromatic rings. The molecule has 1 heterocycles. The van der Waals surface area contributed by atoms with Crippen LogP contribution in [0.25, 0.3) is 0 Å². The van der Waals surface area contributed by atoms with Crippen molar-refractivity contribution in [2.45, 2.75) is 5.67 Å². The van der Waals surface area contributed by atoms with Crippen LogP contribution >= 0.6 is 0 Å². The number of nitrogens with two attached hydrogens (primary N) is 1. The standard InChI is InChI=1S/C12H12FNO/c13-12(9-14,11-7-4-8-15-11)10-5-2-1-3-6-10/h1-8H,9,14H2. The van der Waals surface area contributed by atoms with Crippen LogP contribution in [-0.2, 0) is 5.67 Å². The maximum Gasteiger partial charge on any atom is 0.205 e. The number of benzene rings is 1. The average Bonchev–Trinajstić information content (AvgIpc) is 2.83. The highest BCUT2D eigenvalue weighted by atomic mass is 19.1. The molecule has 2 N–H and O–H groups in total. The van der Waals surface area contributed by atoms with Crippen molar-refractivity contribution in [1.29, 1.82) is 0 Å². The van der Waals surface area contributed by atoms with E-state index in [1.807, 2.05) is 6.07 Å². The summed E-state index contributed by atoms with van der Waals surface area (Å²) in [6.07, 6.45) is 1.45. The van der Waals surface area contributed by atoms with Crippen LogP contribution < -0.4 is 5.73 Å². The van der Waals surface area contributed by atoms with E-state index in [-0.39, 0.29) is 12.3 Å². The fraction of sp³-hybridized carbons (Fsp3) is 0.167. The lowest BCUT2D eigenvalue weighted by Gasteiger charge is -2.21. The first-order valence-corrected chi connectivity index (χ1v) is 4.76. The highest BCUT2D eigenvalue weighted by molar-refractivity contribution is 5.31. The van der Waals surface area contributed by atoms with E-state index in [9.17, 15) is 4.39 Å². The van der Waals surface area contributed by atoms with Crippen molar-refractivity contribution in [3.05, 3.63) is 60.1 Å². The second kappa shape index (κ2) is 3.87. The molecule has 0 saturated heterocycles. The Balaban J connectivity index is 2.47. The lowest BCUT2D eigenvalue weighted by molar-refractivity contribution is 0.190. The fourth-order valence-corrected chi connectivity index (χ4v) is 1.57. The summed E-state index contributed by atoms with van der Waals surface area (Å²) in [6.45, 7) is -0.134. The first-order chi connectivity index (χ1) is 7.27. The zero-order valence-electron chi connectivity index (χ0n) is 8.19. The van der Waals surface area contributed by atoms with Gasteiger partial charge in [0.05, 0.1) is 6.26 Å². The number of furan rings is 1. The molecule has 0 amide bonds. The van der Waals surface area contributed by atoms with Crippen LogP contribution in [-0.4, -0.2) is 6.54 Å². The van der Waals surface area contributed by atoms with Crippen molar-refractivity contribution < 1.29 is 8.81 Å². The Kier molecular flexibility index (Phi) is 2.56. The average molecular weight is 205 g/mol. The summed E-state index contributed by atoms with van der Waals surface area (Å²) in [4.78, 5) is 0. The van der Waals surface area contributed by atoms with Gasteiger partial charge in [-0.1, -0.05) is 30.3 Å². The van der Waals surface area contributed by atoms with Crippen LogP contribution in [0.3, 0.4) is 0 Å². The van der Waals surface area contributed by atoms with Crippen LogP contribution in [0.1, 0.15) is 11.3 Å². The summed E-state index contributed by atoms with van der Waals surface area (Å²) in [6, 6.07) is 12.1. The van der Waals surface area contributed by atoms with Crippen molar-refractivity contribution in [2.75, 3.05) is 6.54 Å². The SMILES string of the molecule is NCC(F)(c1ccccc1)c1ccco1. The zero-order chi connectivity index (χ0) is 10.7. The number of rotatable bonds is 3. The predicted molar refractivity (Wildman–Crippen MR) is 56.1 cm³/mol. The van der Waals surface area contributed by atoms with E-state index in [1.54, 1.807) is 36.4 Å². The van der Waals surface area contributed by atoms with E-state index in [1.165, 1.54) is 6.26 Å². The van der Waals surface area contributed by atoms with E-state index < -0.39 is 5.67 Å². The highest BCUT2D eigenvalue weighted by Crippen LogP contribution is 2.32. The summed E-state index contributed by atoms with van der Waals surface area (Å²) in [5.41, 5.74) is 4.28. The molecule has 2 rings (SSSR count). The molecular formula is C12H12FNO. The molecule has 1 aromatic heterocycles. The second-order valence-electron chi connectivity index (χ2n) is 3.35. The molecular weight excluding hydrogens is 193 g/mol. The van der Waals surface area contributed by atoms with Crippen LogP contribution in [0.2, 0.25) is 0 Å². The van der Waals surface area contributed by atoms with Gasteiger partial charge >= 0.3 is 0 Å². The summed E-state index contributed by atoms with van der Waals surface area (Å²) < 4.78 is 19.7. The van der Waals surface area contributed by atoms with E-state index >= 15 is 0 Å². The Labute approximate surface area is 87.5 Å². The number of hydrogen-bond acceptors (Lipinski definition) is 2. The molecule has 2 nitrogen and oxygen atoms in total. The summed E-state index contributed by atoms with van der Waals surface area (Å²) in [5.74, 6) is 0.246. The molecule has 0 bridgehead atoms. The number of alkyl halides is 1. The minimum Gasteiger partial charge on any atom is -0.466 e. The minimum atomic E-state index is -1.73. The first kappa shape index (κ1) is 9.93. The normalized spacial score (nSPS) is 14.8. The molecule has 0 fully saturated rings. The van der Waals surface area contributed by atoms with E-state index in [0.717, 1.165) is 0 Å². The maximum absolute atomic E-state index is 14.6. The van der Waals surface area contributed by atoms with Crippen molar-refractivity contribution in [3.63, 3.8) is 0 Å². The van der Waals surface area contributed by atoms with E-state index in [4.69, 9.17) is 10.2 Å². The third-order valence-corrected chi connectivity index (χ3v) is 2.42. The third-order valence-electron chi connectivity index (χ3n) is 2.42. The quantitative estimate of drug-likeness (QED) is 0.835.